The normalized spacial score (nSPS) is 20.6. The van der Waals surface area contributed by atoms with Crippen LogP contribution in [0.25, 0.3) is 11.1 Å². The van der Waals surface area contributed by atoms with Crippen molar-refractivity contribution >= 4 is 46.7 Å². The van der Waals surface area contributed by atoms with Gasteiger partial charge in [-0.15, -0.1) is 0 Å². The number of rotatable bonds is 9. The molecule has 6 rings (SSSR count). The number of allylic oxidation sites excluding steroid dienone is 5. The van der Waals surface area contributed by atoms with Crippen molar-refractivity contribution in [2.45, 2.75) is 64.2 Å². The van der Waals surface area contributed by atoms with Crippen molar-refractivity contribution in [3.05, 3.63) is 124 Å². The zero-order valence-corrected chi connectivity index (χ0v) is 27.8. The number of carbonyl (C=O) groups excluding carboxylic acids is 1. The van der Waals surface area contributed by atoms with Gasteiger partial charge in [0.15, 0.2) is 0 Å². The van der Waals surface area contributed by atoms with Crippen LogP contribution in [0.15, 0.2) is 113 Å². The molecule has 3 heterocycles. The summed E-state index contributed by atoms with van der Waals surface area (Å²) < 4.78 is 6.30. The van der Waals surface area contributed by atoms with Crippen LogP contribution >= 0.6 is 36.9 Å². The van der Waals surface area contributed by atoms with Gasteiger partial charge in [0.05, 0.1) is 0 Å². The Morgan fingerprint density at radius 1 is 0.905 bits per heavy atom. The number of nitrogens with zero attached hydrogens (tertiary/aromatic N) is 2. The molecule has 0 bridgehead atoms. The summed E-state index contributed by atoms with van der Waals surface area (Å²) in [4.78, 5) is 17.4. The van der Waals surface area contributed by atoms with Crippen LogP contribution in [0.2, 0.25) is 0 Å². The SMILES string of the molecule is O=C(Cc1ccc(-c2ccccc2)cc1)CC1CCCC(C2=CCC3=C(Br)C=IN3C(CCc3cccnc3)=C2)CC1. The highest BCUT2D eigenvalue weighted by Crippen LogP contribution is 2.42. The molecule has 3 aromatic rings. The summed E-state index contributed by atoms with van der Waals surface area (Å²) in [6.07, 6.45) is 19.1. The third-order valence-electron chi connectivity index (χ3n) is 8.80. The molecule has 0 amide bonds. The number of hydrogen-bond donors (Lipinski definition) is 0. The Kier molecular flexibility index (Phi) is 9.97. The van der Waals surface area contributed by atoms with Gasteiger partial charge in [-0.3, -0.25) is 12.9 Å². The minimum atomic E-state index is -0.164. The third-order valence-corrected chi connectivity index (χ3v) is 13.0. The van der Waals surface area contributed by atoms with Crippen molar-refractivity contribution in [3.8, 4) is 11.1 Å². The number of carbonyl (C=O) groups is 1. The molecule has 2 aliphatic heterocycles. The van der Waals surface area contributed by atoms with Crippen molar-refractivity contribution in [2.24, 2.45) is 11.8 Å². The fourth-order valence-electron chi connectivity index (χ4n) is 6.50. The van der Waals surface area contributed by atoms with E-state index in [4.69, 9.17) is 0 Å². The maximum absolute atomic E-state index is 13.1. The van der Waals surface area contributed by atoms with Crippen LogP contribution in [0.3, 0.4) is 0 Å². The zero-order valence-electron chi connectivity index (χ0n) is 24.0. The summed E-state index contributed by atoms with van der Waals surface area (Å²) in [5.74, 6) is 1.48. The third kappa shape index (κ3) is 7.46. The number of halogens is 2. The van der Waals surface area contributed by atoms with Gasteiger partial charge in [0, 0.05) is 72.5 Å². The number of ketones is 1. The number of aryl methyl sites for hydroxylation is 1. The number of hydrogen-bond acceptors (Lipinski definition) is 3. The van der Waals surface area contributed by atoms with Crippen LogP contribution in [-0.4, -0.2) is 17.9 Å². The second-order valence-electron chi connectivity index (χ2n) is 11.7. The average molecular weight is 734 g/mol. The summed E-state index contributed by atoms with van der Waals surface area (Å²) in [5.41, 5.74) is 9.26. The Labute approximate surface area is 269 Å². The van der Waals surface area contributed by atoms with Gasteiger partial charge in [-0.1, -0.05) is 79.6 Å². The molecule has 1 aromatic heterocycles. The minimum Gasteiger partial charge on any atom is -0.299 e. The van der Waals surface area contributed by atoms with Crippen molar-refractivity contribution in [1.29, 1.82) is 0 Å². The van der Waals surface area contributed by atoms with Crippen molar-refractivity contribution < 1.29 is 4.79 Å². The molecule has 216 valence electrons. The fourth-order valence-corrected chi connectivity index (χ4v) is 10.1. The first-order chi connectivity index (χ1) is 20.6. The molecule has 42 heavy (non-hydrogen) atoms. The molecule has 1 fully saturated rings. The van der Waals surface area contributed by atoms with E-state index < -0.39 is 0 Å². The first-order valence-electron chi connectivity index (χ1n) is 15.2. The number of benzene rings is 2. The van der Waals surface area contributed by atoms with Gasteiger partial charge in [-0.2, -0.15) is 0 Å². The molecule has 0 spiro atoms. The molecule has 2 aromatic carbocycles. The smallest absolute Gasteiger partial charge is 0.137 e. The number of fused-ring (bicyclic) bond motifs is 1. The average Bonchev–Trinajstić information content (AvgIpc) is 3.16. The monoisotopic (exact) mass is 732 g/mol. The zero-order chi connectivity index (χ0) is 28.7. The number of pyridine rings is 1. The highest BCUT2D eigenvalue weighted by molar-refractivity contribution is 14.2. The molecular weight excluding hydrogens is 695 g/mol. The Morgan fingerprint density at radius 2 is 1.74 bits per heavy atom. The highest BCUT2D eigenvalue weighted by Gasteiger charge is 2.27. The lowest BCUT2D eigenvalue weighted by molar-refractivity contribution is -0.119. The van der Waals surface area contributed by atoms with E-state index in [1.165, 1.54) is 63.8 Å². The molecule has 3 aliphatic rings. The summed E-state index contributed by atoms with van der Waals surface area (Å²) in [5, 5.41) is 0. The molecule has 0 N–H and O–H groups in total. The lowest BCUT2D eigenvalue weighted by Crippen LogP contribution is -2.11. The number of aromatic nitrogens is 1. The summed E-state index contributed by atoms with van der Waals surface area (Å²) >= 11 is 3.68. The van der Waals surface area contributed by atoms with Crippen LogP contribution < -0.4 is 0 Å². The molecular formula is C37H38BrIN2O. The summed E-state index contributed by atoms with van der Waals surface area (Å²) in [6.45, 7) is 0. The Balaban J connectivity index is 1.07. The van der Waals surface area contributed by atoms with E-state index in [1.54, 1.807) is 0 Å². The molecule has 2 atom stereocenters. The van der Waals surface area contributed by atoms with Crippen LogP contribution in [-0.2, 0) is 17.6 Å². The lowest BCUT2D eigenvalue weighted by Gasteiger charge is -2.22. The Hall–Kier alpha value is -2.64. The predicted octanol–water partition coefficient (Wildman–Crippen LogP) is 9.90. The van der Waals surface area contributed by atoms with E-state index in [2.05, 4.69) is 94.8 Å². The van der Waals surface area contributed by atoms with Crippen molar-refractivity contribution in [3.63, 3.8) is 0 Å². The molecule has 3 nitrogen and oxygen atoms in total. The lowest BCUT2D eigenvalue weighted by atomic mass is 9.88. The van der Waals surface area contributed by atoms with Gasteiger partial charge in [0.2, 0.25) is 0 Å². The van der Waals surface area contributed by atoms with Crippen molar-refractivity contribution in [2.75, 3.05) is 0 Å². The van der Waals surface area contributed by atoms with Crippen LogP contribution in [0, 0.1) is 11.8 Å². The number of Topliss-reactive ketones (excluding diaryl/α,β-unsaturated/α-hetero) is 1. The molecule has 0 saturated heterocycles. The Bertz CT molecular complexity index is 1510. The van der Waals surface area contributed by atoms with Crippen LogP contribution in [0.1, 0.15) is 62.5 Å². The molecule has 5 heteroatoms. The maximum atomic E-state index is 13.1. The fraction of sp³-hybridized carbons (Fsp3) is 0.324. The van der Waals surface area contributed by atoms with E-state index in [-0.39, 0.29) is 21.0 Å². The molecule has 2 unspecified atom stereocenters. The standard InChI is InChI=1S/C37H38BrIN2O/c38-36-25-39-41-34(19-14-29-7-5-21-40-26-29)24-33(18-20-37(36)41)31-10-4-6-27(11-15-31)22-35(42)23-28-12-16-32(17-13-28)30-8-2-1-3-9-30/h1-3,5,7-9,12-13,16-18,21,24-27,31H,4,6,10-11,14-15,19-20,22-23H2. The first-order valence-corrected chi connectivity index (χ1v) is 18.2. The summed E-state index contributed by atoms with van der Waals surface area (Å²) in [6, 6.07) is 23.2. The van der Waals surface area contributed by atoms with Gasteiger partial charge in [0.25, 0.3) is 0 Å². The maximum Gasteiger partial charge on any atom is 0.137 e. The van der Waals surface area contributed by atoms with Gasteiger partial charge >= 0.3 is 0 Å². The minimum absolute atomic E-state index is 0.164. The topological polar surface area (TPSA) is 33.2 Å². The molecule has 1 aliphatic carbocycles. The summed E-state index contributed by atoms with van der Waals surface area (Å²) in [7, 11) is 0. The largest absolute Gasteiger partial charge is 0.299 e. The quantitative estimate of drug-likeness (QED) is 0.125. The van der Waals surface area contributed by atoms with E-state index >= 15 is 0 Å². The second-order valence-corrected chi connectivity index (χ2v) is 14.7. The van der Waals surface area contributed by atoms with Gasteiger partial charge < -0.3 is 0 Å². The highest BCUT2D eigenvalue weighted by atomic mass is 127. The molecule has 1 saturated carbocycles. The van der Waals surface area contributed by atoms with E-state index in [9.17, 15) is 4.79 Å². The van der Waals surface area contributed by atoms with Crippen LogP contribution in [0.4, 0.5) is 0 Å². The first kappa shape index (κ1) is 29.4. The molecule has 0 radical (unpaired) electrons. The second kappa shape index (κ2) is 14.2. The Morgan fingerprint density at radius 3 is 2.55 bits per heavy atom. The van der Waals surface area contributed by atoms with E-state index in [1.807, 2.05) is 24.5 Å². The van der Waals surface area contributed by atoms with Gasteiger partial charge in [-0.05, 0) is 99.8 Å². The van der Waals surface area contributed by atoms with Gasteiger partial charge in [-0.25, -0.2) is 0 Å². The van der Waals surface area contributed by atoms with E-state index in [0.717, 1.165) is 31.2 Å². The van der Waals surface area contributed by atoms with Crippen molar-refractivity contribution in [1.82, 2.24) is 8.10 Å². The predicted molar refractivity (Wildman–Crippen MR) is 186 cm³/mol. The van der Waals surface area contributed by atoms with E-state index in [0.29, 0.717) is 30.5 Å². The van der Waals surface area contributed by atoms with Crippen LogP contribution in [0.5, 0.6) is 0 Å². The van der Waals surface area contributed by atoms with Gasteiger partial charge in [0.1, 0.15) is 5.78 Å².